The monoisotopic (exact) mass is 244 g/mol. The number of hydrogen-bond acceptors (Lipinski definition) is 2. The summed E-state index contributed by atoms with van der Waals surface area (Å²) in [6.07, 6.45) is -8.39. The van der Waals surface area contributed by atoms with Crippen LogP contribution in [0.3, 0.4) is 0 Å². The molecule has 0 aliphatic rings. The zero-order valence-electron chi connectivity index (χ0n) is 7.65. The molecule has 0 unspecified atom stereocenters. The lowest BCUT2D eigenvalue weighted by Crippen LogP contribution is -2.18. The predicted molar refractivity (Wildman–Crippen MR) is 42.0 cm³/mol. The van der Waals surface area contributed by atoms with E-state index in [1.807, 2.05) is 0 Å². The van der Waals surface area contributed by atoms with Gasteiger partial charge in [-0.15, -0.1) is 0 Å². The van der Waals surface area contributed by atoms with Crippen molar-refractivity contribution in [2.75, 3.05) is 0 Å². The number of hydrogen-bond donors (Lipinski definition) is 1. The van der Waals surface area contributed by atoms with Crippen LogP contribution >= 0.6 is 0 Å². The van der Waals surface area contributed by atoms with Gasteiger partial charge < -0.3 is 5.73 Å². The highest BCUT2D eigenvalue weighted by molar-refractivity contribution is 5.34. The Morgan fingerprint density at radius 3 is 2.25 bits per heavy atom. The molecule has 0 spiro atoms. The van der Waals surface area contributed by atoms with Crippen LogP contribution in [0.25, 0.3) is 0 Å². The summed E-state index contributed by atoms with van der Waals surface area (Å²) in [4.78, 5) is 3.05. The maximum atomic E-state index is 12.9. The third-order valence-corrected chi connectivity index (χ3v) is 1.84. The highest BCUT2D eigenvalue weighted by atomic mass is 19.4. The van der Waals surface area contributed by atoms with Crippen molar-refractivity contribution in [2.24, 2.45) is 5.73 Å². The lowest BCUT2D eigenvalue weighted by atomic mass is 10.1. The standard InChI is InChI=1S/C8H6F6N2/c9-3-2-16-4(1-15)6(8(12,13)14)5(3)7(10)11/h2,7H,1,15H2. The van der Waals surface area contributed by atoms with Gasteiger partial charge in [0.2, 0.25) is 0 Å². The molecule has 1 heterocycles. The van der Waals surface area contributed by atoms with Gasteiger partial charge in [0.15, 0.2) is 5.82 Å². The second-order valence-electron chi connectivity index (χ2n) is 2.84. The van der Waals surface area contributed by atoms with Crippen molar-refractivity contribution in [2.45, 2.75) is 19.1 Å². The van der Waals surface area contributed by atoms with E-state index >= 15 is 0 Å². The van der Waals surface area contributed by atoms with Crippen molar-refractivity contribution in [3.8, 4) is 0 Å². The highest BCUT2D eigenvalue weighted by Gasteiger charge is 2.40. The Morgan fingerprint density at radius 1 is 1.31 bits per heavy atom. The van der Waals surface area contributed by atoms with Gasteiger partial charge in [-0.1, -0.05) is 0 Å². The van der Waals surface area contributed by atoms with Crippen LogP contribution in [0, 0.1) is 5.82 Å². The van der Waals surface area contributed by atoms with E-state index in [1.54, 1.807) is 0 Å². The Hall–Kier alpha value is -1.31. The summed E-state index contributed by atoms with van der Waals surface area (Å²) in [7, 11) is 0. The number of aromatic nitrogens is 1. The Morgan fingerprint density at radius 2 is 1.88 bits per heavy atom. The number of rotatable bonds is 2. The third-order valence-electron chi connectivity index (χ3n) is 1.84. The summed E-state index contributed by atoms with van der Waals surface area (Å²) in [6.45, 7) is -0.700. The van der Waals surface area contributed by atoms with Crippen molar-refractivity contribution in [1.82, 2.24) is 4.98 Å². The summed E-state index contributed by atoms with van der Waals surface area (Å²) in [5.74, 6) is -1.69. The van der Waals surface area contributed by atoms with Gasteiger partial charge in [-0.25, -0.2) is 13.2 Å². The summed E-state index contributed by atoms with van der Waals surface area (Å²) in [5, 5.41) is 0. The molecular formula is C8H6F6N2. The minimum Gasteiger partial charge on any atom is -0.325 e. The maximum absolute atomic E-state index is 12.9. The van der Waals surface area contributed by atoms with Crippen LogP contribution in [0.4, 0.5) is 26.3 Å². The molecule has 0 atom stereocenters. The van der Waals surface area contributed by atoms with Crippen molar-refractivity contribution in [3.63, 3.8) is 0 Å². The van der Waals surface area contributed by atoms with Crippen LogP contribution in [0.2, 0.25) is 0 Å². The molecule has 16 heavy (non-hydrogen) atoms. The zero-order valence-corrected chi connectivity index (χ0v) is 7.65. The Kier molecular flexibility index (Phi) is 3.41. The quantitative estimate of drug-likeness (QED) is 0.812. The van der Waals surface area contributed by atoms with Gasteiger partial charge in [0, 0.05) is 6.54 Å². The Bertz CT molecular complexity index is 387. The molecule has 1 aromatic rings. The normalized spacial score (nSPS) is 12.2. The van der Waals surface area contributed by atoms with Gasteiger partial charge in [-0.05, 0) is 0 Å². The van der Waals surface area contributed by atoms with E-state index < -0.39 is 41.8 Å². The SMILES string of the molecule is NCc1ncc(F)c(C(F)F)c1C(F)(F)F. The molecule has 90 valence electrons. The van der Waals surface area contributed by atoms with Gasteiger partial charge in [0.25, 0.3) is 6.43 Å². The molecule has 2 N–H and O–H groups in total. The zero-order chi connectivity index (χ0) is 12.5. The van der Waals surface area contributed by atoms with Crippen molar-refractivity contribution >= 4 is 0 Å². The number of pyridine rings is 1. The largest absolute Gasteiger partial charge is 0.418 e. The summed E-state index contributed by atoms with van der Waals surface area (Å²) >= 11 is 0. The Labute approximate surface area is 86.1 Å². The fraction of sp³-hybridized carbons (Fsp3) is 0.375. The molecule has 0 aromatic carbocycles. The first-order valence-electron chi connectivity index (χ1n) is 4.01. The lowest BCUT2D eigenvalue weighted by molar-refractivity contribution is -0.140. The average molecular weight is 244 g/mol. The molecule has 2 nitrogen and oxygen atoms in total. The molecule has 0 radical (unpaired) electrons. The van der Waals surface area contributed by atoms with E-state index in [-0.39, 0.29) is 0 Å². The van der Waals surface area contributed by atoms with E-state index in [9.17, 15) is 26.3 Å². The molecule has 0 saturated heterocycles. The number of alkyl halides is 5. The van der Waals surface area contributed by atoms with Gasteiger partial charge in [-0.3, -0.25) is 4.98 Å². The van der Waals surface area contributed by atoms with Gasteiger partial charge >= 0.3 is 6.18 Å². The molecule has 8 heteroatoms. The lowest BCUT2D eigenvalue weighted by Gasteiger charge is -2.15. The number of halogens is 6. The van der Waals surface area contributed by atoms with E-state index in [0.29, 0.717) is 6.20 Å². The molecule has 0 aliphatic carbocycles. The summed E-state index contributed by atoms with van der Waals surface area (Å²) in [5.41, 5.74) is 0.642. The van der Waals surface area contributed by atoms with E-state index in [4.69, 9.17) is 5.73 Å². The van der Waals surface area contributed by atoms with Crippen molar-refractivity contribution in [3.05, 3.63) is 28.8 Å². The molecule has 0 fully saturated rings. The molecule has 0 aliphatic heterocycles. The molecule has 1 rings (SSSR count). The van der Waals surface area contributed by atoms with E-state index in [2.05, 4.69) is 4.98 Å². The average Bonchev–Trinajstić information content (AvgIpc) is 2.15. The first kappa shape index (κ1) is 12.8. The van der Waals surface area contributed by atoms with Crippen LogP contribution in [-0.4, -0.2) is 4.98 Å². The van der Waals surface area contributed by atoms with Crippen LogP contribution in [0.1, 0.15) is 23.2 Å². The fourth-order valence-electron chi connectivity index (χ4n) is 1.23. The molecule has 0 amide bonds. The minimum atomic E-state index is -5.12. The minimum absolute atomic E-state index is 0.304. The van der Waals surface area contributed by atoms with Gasteiger partial charge in [0.05, 0.1) is 23.0 Å². The van der Waals surface area contributed by atoms with Gasteiger partial charge in [-0.2, -0.15) is 13.2 Å². The first-order chi connectivity index (χ1) is 7.29. The topological polar surface area (TPSA) is 38.9 Å². The Balaban J connectivity index is 3.56. The second kappa shape index (κ2) is 4.28. The molecule has 1 aromatic heterocycles. The van der Waals surface area contributed by atoms with Crippen LogP contribution in [0.15, 0.2) is 6.20 Å². The molecule has 0 bridgehead atoms. The molecular weight excluding hydrogens is 238 g/mol. The fourth-order valence-corrected chi connectivity index (χ4v) is 1.23. The van der Waals surface area contributed by atoms with E-state index in [0.717, 1.165) is 0 Å². The van der Waals surface area contributed by atoms with E-state index in [1.165, 1.54) is 0 Å². The van der Waals surface area contributed by atoms with Crippen molar-refractivity contribution < 1.29 is 26.3 Å². The van der Waals surface area contributed by atoms with Crippen LogP contribution in [0.5, 0.6) is 0 Å². The second-order valence-corrected chi connectivity index (χ2v) is 2.84. The highest BCUT2D eigenvalue weighted by Crippen LogP contribution is 2.38. The first-order valence-corrected chi connectivity index (χ1v) is 4.01. The van der Waals surface area contributed by atoms with Crippen LogP contribution < -0.4 is 5.73 Å². The van der Waals surface area contributed by atoms with Crippen molar-refractivity contribution in [1.29, 1.82) is 0 Å². The number of nitrogens with zero attached hydrogens (tertiary/aromatic N) is 1. The third kappa shape index (κ3) is 2.26. The molecule has 0 saturated carbocycles. The smallest absolute Gasteiger partial charge is 0.325 e. The predicted octanol–water partition coefficient (Wildman–Crippen LogP) is 2.64. The number of nitrogens with two attached hydrogens (primary N) is 1. The van der Waals surface area contributed by atoms with Gasteiger partial charge in [0.1, 0.15) is 0 Å². The summed E-state index contributed by atoms with van der Waals surface area (Å²) < 4.78 is 74.8. The van der Waals surface area contributed by atoms with Crippen LogP contribution in [-0.2, 0) is 12.7 Å². The summed E-state index contributed by atoms with van der Waals surface area (Å²) in [6, 6.07) is 0. The maximum Gasteiger partial charge on any atom is 0.418 e.